The van der Waals surface area contributed by atoms with E-state index in [2.05, 4.69) is 10.3 Å². The molecule has 0 aliphatic carbocycles. The normalized spacial score (nSPS) is 10.4. The van der Waals surface area contributed by atoms with Gasteiger partial charge in [-0.25, -0.2) is 9.37 Å². The molecule has 0 radical (unpaired) electrons. The highest BCUT2D eigenvalue weighted by Crippen LogP contribution is 2.09. The summed E-state index contributed by atoms with van der Waals surface area (Å²) in [6.45, 7) is 4.45. The standard InChI is InChI=1S/C10H14FN3O/c1-6(2)4-14-10(15)8-3-7(11)5-13-9(8)12/h3,5-6H,4H2,1-2H3,(H2,12,13)(H,14,15). The molecule has 1 aromatic heterocycles. The number of aromatic nitrogens is 1. The highest BCUT2D eigenvalue weighted by Gasteiger charge is 2.11. The maximum absolute atomic E-state index is 12.8. The lowest BCUT2D eigenvalue weighted by atomic mass is 10.2. The Kier molecular flexibility index (Phi) is 3.60. The van der Waals surface area contributed by atoms with Crippen LogP contribution in [0.25, 0.3) is 0 Å². The lowest BCUT2D eigenvalue weighted by Crippen LogP contribution is -2.28. The molecular weight excluding hydrogens is 197 g/mol. The molecule has 0 atom stereocenters. The molecule has 5 heteroatoms. The van der Waals surface area contributed by atoms with Crippen molar-refractivity contribution in [2.45, 2.75) is 13.8 Å². The number of nitrogen functional groups attached to an aromatic ring is 1. The van der Waals surface area contributed by atoms with E-state index < -0.39 is 11.7 Å². The van der Waals surface area contributed by atoms with Gasteiger partial charge < -0.3 is 11.1 Å². The quantitative estimate of drug-likeness (QED) is 0.789. The molecule has 4 nitrogen and oxygen atoms in total. The van der Waals surface area contributed by atoms with Gasteiger partial charge in [-0.2, -0.15) is 0 Å². The zero-order valence-corrected chi connectivity index (χ0v) is 8.75. The first-order valence-electron chi connectivity index (χ1n) is 4.70. The molecule has 1 amide bonds. The van der Waals surface area contributed by atoms with E-state index in [1.54, 1.807) is 0 Å². The van der Waals surface area contributed by atoms with E-state index in [0.717, 1.165) is 12.3 Å². The first-order valence-corrected chi connectivity index (χ1v) is 4.70. The fourth-order valence-corrected chi connectivity index (χ4v) is 1.02. The number of amides is 1. The van der Waals surface area contributed by atoms with Gasteiger partial charge in [0.25, 0.3) is 5.91 Å². The van der Waals surface area contributed by atoms with Crippen molar-refractivity contribution in [3.8, 4) is 0 Å². The van der Waals surface area contributed by atoms with Gasteiger partial charge in [0.1, 0.15) is 11.6 Å². The lowest BCUT2D eigenvalue weighted by Gasteiger charge is -2.08. The zero-order valence-electron chi connectivity index (χ0n) is 8.75. The van der Waals surface area contributed by atoms with Crippen molar-refractivity contribution in [1.29, 1.82) is 0 Å². The average molecular weight is 211 g/mol. The van der Waals surface area contributed by atoms with Crippen molar-refractivity contribution >= 4 is 11.7 Å². The largest absolute Gasteiger partial charge is 0.383 e. The summed E-state index contributed by atoms with van der Waals surface area (Å²) in [5, 5.41) is 2.64. The number of nitrogens with one attached hydrogen (secondary N) is 1. The summed E-state index contributed by atoms with van der Waals surface area (Å²) in [5.74, 6) is -0.596. The fourth-order valence-electron chi connectivity index (χ4n) is 1.02. The van der Waals surface area contributed by atoms with Crippen LogP contribution in [-0.4, -0.2) is 17.4 Å². The van der Waals surface area contributed by atoms with E-state index in [-0.39, 0.29) is 11.4 Å². The van der Waals surface area contributed by atoms with Crippen LogP contribution in [0.3, 0.4) is 0 Å². The molecule has 1 heterocycles. The van der Waals surface area contributed by atoms with Crippen molar-refractivity contribution in [2.24, 2.45) is 5.92 Å². The summed E-state index contributed by atoms with van der Waals surface area (Å²) < 4.78 is 12.8. The van der Waals surface area contributed by atoms with Gasteiger partial charge in [-0.3, -0.25) is 4.79 Å². The number of nitrogens with two attached hydrogens (primary N) is 1. The third-order valence-corrected chi connectivity index (χ3v) is 1.80. The molecule has 0 unspecified atom stereocenters. The third-order valence-electron chi connectivity index (χ3n) is 1.80. The second-order valence-electron chi connectivity index (χ2n) is 3.69. The number of nitrogens with zero attached hydrogens (tertiary/aromatic N) is 1. The van der Waals surface area contributed by atoms with Crippen LogP contribution in [0.1, 0.15) is 24.2 Å². The van der Waals surface area contributed by atoms with Gasteiger partial charge in [0.05, 0.1) is 11.8 Å². The number of hydrogen-bond donors (Lipinski definition) is 2. The molecule has 15 heavy (non-hydrogen) atoms. The third kappa shape index (κ3) is 3.19. The number of hydrogen-bond acceptors (Lipinski definition) is 3. The second-order valence-corrected chi connectivity index (χ2v) is 3.69. The summed E-state index contributed by atoms with van der Waals surface area (Å²) in [4.78, 5) is 15.1. The zero-order chi connectivity index (χ0) is 11.4. The van der Waals surface area contributed by atoms with Crippen LogP contribution in [0.5, 0.6) is 0 Å². The van der Waals surface area contributed by atoms with Crippen molar-refractivity contribution in [3.63, 3.8) is 0 Å². The van der Waals surface area contributed by atoms with Gasteiger partial charge in [0.15, 0.2) is 0 Å². The smallest absolute Gasteiger partial charge is 0.255 e. The van der Waals surface area contributed by atoms with Gasteiger partial charge in [-0.15, -0.1) is 0 Å². The average Bonchev–Trinajstić information content (AvgIpc) is 2.18. The topological polar surface area (TPSA) is 68.0 Å². The highest BCUT2D eigenvalue weighted by atomic mass is 19.1. The highest BCUT2D eigenvalue weighted by molar-refractivity contribution is 5.98. The molecule has 0 spiro atoms. The molecule has 3 N–H and O–H groups in total. The van der Waals surface area contributed by atoms with E-state index in [4.69, 9.17) is 5.73 Å². The predicted octanol–water partition coefficient (Wildman–Crippen LogP) is 1.19. The molecule has 0 saturated heterocycles. The lowest BCUT2D eigenvalue weighted by molar-refractivity contribution is 0.0949. The first-order chi connectivity index (χ1) is 7.00. The number of rotatable bonds is 3. The summed E-state index contributed by atoms with van der Waals surface area (Å²) >= 11 is 0. The minimum Gasteiger partial charge on any atom is -0.383 e. The van der Waals surface area contributed by atoms with Crippen molar-refractivity contribution in [1.82, 2.24) is 10.3 Å². The monoisotopic (exact) mass is 211 g/mol. The minimum absolute atomic E-state index is 0.0395. The van der Waals surface area contributed by atoms with E-state index in [9.17, 15) is 9.18 Å². The summed E-state index contributed by atoms with van der Waals surface area (Å²) in [6.07, 6.45) is 0.981. The van der Waals surface area contributed by atoms with Crippen LogP contribution in [0, 0.1) is 11.7 Å². The Morgan fingerprint density at radius 3 is 2.93 bits per heavy atom. The predicted molar refractivity (Wildman–Crippen MR) is 55.8 cm³/mol. The molecule has 1 rings (SSSR count). The number of halogens is 1. The second kappa shape index (κ2) is 4.72. The molecule has 82 valence electrons. The van der Waals surface area contributed by atoms with E-state index in [1.165, 1.54) is 0 Å². The van der Waals surface area contributed by atoms with Crippen LogP contribution in [0.15, 0.2) is 12.3 Å². The molecule has 0 fully saturated rings. The number of anilines is 1. The molecule has 1 aromatic rings. The fraction of sp³-hybridized carbons (Fsp3) is 0.400. The summed E-state index contributed by atoms with van der Waals surface area (Å²) in [7, 11) is 0. The van der Waals surface area contributed by atoms with Crippen molar-refractivity contribution < 1.29 is 9.18 Å². The molecule has 0 aliphatic heterocycles. The Balaban J connectivity index is 2.77. The molecule has 0 bridgehead atoms. The van der Waals surface area contributed by atoms with E-state index in [0.29, 0.717) is 12.5 Å². The van der Waals surface area contributed by atoms with Gasteiger partial charge in [0.2, 0.25) is 0 Å². The van der Waals surface area contributed by atoms with Crippen LogP contribution in [0.4, 0.5) is 10.2 Å². The number of carbonyl (C=O) groups is 1. The molecular formula is C10H14FN3O. The van der Waals surface area contributed by atoms with Crippen molar-refractivity contribution in [2.75, 3.05) is 12.3 Å². The Morgan fingerprint density at radius 1 is 1.67 bits per heavy atom. The Bertz CT molecular complexity index is 366. The van der Waals surface area contributed by atoms with Gasteiger partial charge in [0, 0.05) is 6.54 Å². The maximum atomic E-state index is 12.8. The molecule has 0 saturated carbocycles. The SMILES string of the molecule is CC(C)CNC(=O)c1cc(F)cnc1N. The molecule has 0 aromatic carbocycles. The number of pyridine rings is 1. The Hall–Kier alpha value is -1.65. The van der Waals surface area contributed by atoms with Crippen LogP contribution >= 0.6 is 0 Å². The number of carbonyl (C=O) groups excluding carboxylic acids is 1. The van der Waals surface area contributed by atoms with Gasteiger partial charge in [-0.05, 0) is 12.0 Å². The Morgan fingerprint density at radius 2 is 2.33 bits per heavy atom. The maximum Gasteiger partial charge on any atom is 0.255 e. The Labute approximate surface area is 87.7 Å². The van der Waals surface area contributed by atoms with Crippen LogP contribution < -0.4 is 11.1 Å². The molecule has 0 aliphatic rings. The van der Waals surface area contributed by atoms with Crippen LogP contribution in [0.2, 0.25) is 0 Å². The summed E-state index contributed by atoms with van der Waals surface area (Å²) in [6, 6.07) is 1.08. The van der Waals surface area contributed by atoms with E-state index >= 15 is 0 Å². The van der Waals surface area contributed by atoms with Gasteiger partial charge in [-0.1, -0.05) is 13.8 Å². The van der Waals surface area contributed by atoms with Gasteiger partial charge >= 0.3 is 0 Å². The first kappa shape index (κ1) is 11.4. The minimum atomic E-state index is -0.570. The van der Waals surface area contributed by atoms with Crippen LogP contribution in [-0.2, 0) is 0 Å². The van der Waals surface area contributed by atoms with E-state index in [1.807, 2.05) is 13.8 Å². The summed E-state index contributed by atoms with van der Waals surface area (Å²) in [5.41, 5.74) is 5.54. The van der Waals surface area contributed by atoms with Crippen molar-refractivity contribution in [3.05, 3.63) is 23.6 Å².